The number of hydrogen-bond donors (Lipinski definition) is 0. The highest BCUT2D eigenvalue weighted by atomic mass is 16.6. The lowest BCUT2D eigenvalue weighted by molar-refractivity contribution is -0.146. The summed E-state index contributed by atoms with van der Waals surface area (Å²) < 4.78 is 19.2. The van der Waals surface area contributed by atoms with Crippen molar-refractivity contribution in [3.8, 4) is 0 Å². The zero-order valence-electron chi connectivity index (χ0n) is 15.8. The van der Waals surface area contributed by atoms with E-state index >= 15 is 0 Å². The molecule has 1 rings (SSSR count). The van der Waals surface area contributed by atoms with Crippen LogP contribution in [0.5, 0.6) is 0 Å². The molecule has 0 aliphatic rings. The van der Waals surface area contributed by atoms with E-state index in [4.69, 9.17) is 18.9 Å². The van der Waals surface area contributed by atoms with Gasteiger partial charge >= 0.3 is 23.9 Å². The third-order valence-electron chi connectivity index (χ3n) is 2.96. The van der Waals surface area contributed by atoms with Crippen LogP contribution in [0, 0.1) is 0 Å². The molecule has 0 atom stereocenters. The minimum Gasteiger partial charge on any atom is -0.459 e. The smallest absolute Gasteiger partial charge is 0.344 e. The van der Waals surface area contributed by atoms with Crippen molar-refractivity contribution >= 4 is 23.9 Å². The summed E-state index contributed by atoms with van der Waals surface area (Å²) in [7, 11) is 0. The van der Waals surface area contributed by atoms with E-state index in [-0.39, 0.29) is 24.3 Å². The molecule has 0 heterocycles. The van der Waals surface area contributed by atoms with Crippen molar-refractivity contribution in [2.45, 2.75) is 13.8 Å². The number of carbonyl (C=O) groups is 4. The Hall–Kier alpha value is -3.42. The van der Waals surface area contributed by atoms with Crippen LogP contribution in [0.1, 0.15) is 34.6 Å². The first kappa shape index (κ1) is 22.6. The van der Waals surface area contributed by atoms with Gasteiger partial charge in [0.1, 0.15) is 13.2 Å². The molecular weight excluding hydrogens is 368 g/mol. The molecule has 0 radical (unpaired) electrons. The van der Waals surface area contributed by atoms with Crippen molar-refractivity contribution in [2.24, 2.45) is 0 Å². The second kappa shape index (κ2) is 11.3. The molecule has 0 spiro atoms. The molecule has 8 nitrogen and oxygen atoms in total. The fraction of sp³-hybridized carbons (Fsp3) is 0.300. The first-order valence-electron chi connectivity index (χ1n) is 8.23. The minimum absolute atomic E-state index is 0.0495. The Morgan fingerprint density at radius 1 is 0.643 bits per heavy atom. The highest BCUT2D eigenvalue weighted by Crippen LogP contribution is 2.08. The van der Waals surface area contributed by atoms with Crippen LogP contribution in [0.3, 0.4) is 0 Å². The molecule has 0 bridgehead atoms. The molecule has 0 aliphatic heterocycles. The maximum absolute atomic E-state index is 11.9. The standard InChI is InChI=1S/C20H22O8/c1-13(2)9-25-17(21)11-27-19(23)15-5-7-16(8-6-15)20(24)28-12-18(22)26-10-14(3)4/h5-8H,1,3,9-12H2,2,4H3. The zero-order chi connectivity index (χ0) is 21.1. The Labute approximate surface area is 162 Å². The van der Waals surface area contributed by atoms with Gasteiger partial charge in [-0.3, -0.25) is 0 Å². The van der Waals surface area contributed by atoms with Gasteiger partial charge < -0.3 is 18.9 Å². The van der Waals surface area contributed by atoms with E-state index < -0.39 is 37.1 Å². The summed E-state index contributed by atoms with van der Waals surface area (Å²) in [6.45, 7) is 9.56. The number of hydrogen-bond acceptors (Lipinski definition) is 8. The number of rotatable bonds is 10. The van der Waals surface area contributed by atoms with Crippen LogP contribution < -0.4 is 0 Å². The number of carbonyl (C=O) groups excluding carboxylic acids is 4. The van der Waals surface area contributed by atoms with Crippen LogP contribution in [-0.4, -0.2) is 50.3 Å². The average molecular weight is 390 g/mol. The number of ether oxygens (including phenoxy) is 4. The van der Waals surface area contributed by atoms with Gasteiger partial charge in [-0.2, -0.15) is 0 Å². The molecule has 0 aliphatic carbocycles. The molecule has 0 aromatic heterocycles. The monoisotopic (exact) mass is 390 g/mol. The van der Waals surface area contributed by atoms with Crippen LogP contribution in [0.25, 0.3) is 0 Å². The van der Waals surface area contributed by atoms with Crippen LogP contribution in [-0.2, 0) is 28.5 Å². The van der Waals surface area contributed by atoms with Crippen molar-refractivity contribution in [1.29, 1.82) is 0 Å². The lowest BCUT2D eigenvalue weighted by Crippen LogP contribution is -2.18. The molecule has 0 amide bonds. The summed E-state index contributed by atoms with van der Waals surface area (Å²) in [6.07, 6.45) is 0. The largest absolute Gasteiger partial charge is 0.459 e. The second-order valence-electron chi connectivity index (χ2n) is 5.97. The summed E-state index contributed by atoms with van der Waals surface area (Å²) in [5.74, 6) is -2.91. The van der Waals surface area contributed by atoms with Crippen molar-refractivity contribution < 1.29 is 38.1 Å². The lowest BCUT2D eigenvalue weighted by Gasteiger charge is -2.07. The summed E-state index contributed by atoms with van der Waals surface area (Å²) in [6, 6.07) is 5.32. The first-order chi connectivity index (χ1) is 13.2. The van der Waals surface area contributed by atoms with E-state index in [0.717, 1.165) is 0 Å². The first-order valence-corrected chi connectivity index (χ1v) is 8.23. The Balaban J connectivity index is 2.46. The number of esters is 4. The van der Waals surface area contributed by atoms with Gasteiger partial charge in [0, 0.05) is 0 Å². The minimum atomic E-state index is -0.754. The number of benzene rings is 1. The summed E-state index contributed by atoms with van der Waals surface area (Å²) in [4.78, 5) is 46.5. The lowest BCUT2D eigenvalue weighted by atomic mass is 10.1. The Morgan fingerprint density at radius 2 is 0.964 bits per heavy atom. The van der Waals surface area contributed by atoms with Gasteiger partial charge in [0.15, 0.2) is 13.2 Å². The molecule has 8 heteroatoms. The molecule has 1 aromatic carbocycles. The fourth-order valence-corrected chi connectivity index (χ4v) is 1.65. The van der Waals surface area contributed by atoms with Gasteiger partial charge in [0.05, 0.1) is 11.1 Å². The average Bonchev–Trinajstić information content (AvgIpc) is 2.66. The van der Waals surface area contributed by atoms with Gasteiger partial charge in [-0.05, 0) is 49.3 Å². The topological polar surface area (TPSA) is 105 Å². The van der Waals surface area contributed by atoms with E-state index in [1.54, 1.807) is 13.8 Å². The van der Waals surface area contributed by atoms with E-state index in [0.29, 0.717) is 11.1 Å². The van der Waals surface area contributed by atoms with Gasteiger partial charge in [0.2, 0.25) is 0 Å². The predicted octanol–water partition coefficient (Wildman–Crippen LogP) is 2.24. The predicted molar refractivity (Wildman–Crippen MR) is 98.6 cm³/mol. The Morgan fingerprint density at radius 3 is 1.25 bits per heavy atom. The van der Waals surface area contributed by atoms with Crippen LogP contribution in [0.4, 0.5) is 0 Å². The quantitative estimate of drug-likeness (QED) is 0.340. The fourth-order valence-electron chi connectivity index (χ4n) is 1.65. The summed E-state index contributed by atoms with van der Waals surface area (Å²) in [5.41, 5.74) is 1.58. The maximum Gasteiger partial charge on any atom is 0.344 e. The van der Waals surface area contributed by atoms with E-state index in [2.05, 4.69) is 13.2 Å². The summed E-state index contributed by atoms with van der Waals surface area (Å²) in [5, 5.41) is 0. The molecule has 0 unspecified atom stereocenters. The Bertz CT molecular complexity index is 696. The third kappa shape index (κ3) is 8.79. The van der Waals surface area contributed by atoms with Crippen molar-refractivity contribution in [1.82, 2.24) is 0 Å². The van der Waals surface area contributed by atoms with E-state index in [9.17, 15) is 19.2 Å². The molecule has 1 aromatic rings. The highest BCUT2D eigenvalue weighted by molar-refractivity contribution is 5.94. The zero-order valence-corrected chi connectivity index (χ0v) is 15.8. The van der Waals surface area contributed by atoms with Gasteiger partial charge in [0.25, 0.3) is 0 Å². The van der Waals surface area contributed by atoms with Crippen molar-refractivity contribution in [2.75, 3.05) is 26.4 Å². The van der Waals surface area contributed by atoms with Crippen LogP contribution in [0.15, 0.2) is 48.6 Å². The Kier molecular flexibility index (Phi) is 9.15. The van der Waals surface area contributed by atoms with Crippen molar-refractivity contribution in [3.63, 3.8) is 0 Å². The van der Waals surface area contributed by atoms with Crippen LogP contribution in [0.2, 0.25) is 0 Å². The molecule has 0 fully saturated rings. The SMILES string of the molecule is C=C(C)COC(=O)COC(=O)c1ccc(C(=O)OCC(=O)OCC(=C)C)cc1. The van der Waals surface area contributed by atoms with E-state index in [1.807, 2.05) is 0 Å². The molecule has 0 saturated carbocycles. The van der Waals surface area contributed by atoms with Crippen molar-refractivity contribution in [3.05, 3.63) is 59.7 Å². The molecule has 28 heavy (non-hydrogen) atoms. The summed E-state index contributed by atoms with van der Waals surface area (Å²) >= 11 is 0. The highest BCUT2D eigenvalue weighted by Gasteiger charge is 2.14. The van der Waals surface area contributed by atoms with E-state index in [1.165, 1.54) is 24.3 Å². The molecule has 0 N–H and O–H groups in total. The molecule has 0 saturated heterocycles. The van der Waals surface area contributed by atoms with Gasteiger partial charge in [-0.25, -0.2) is 19.2 Å². The van der Waals surface area contributed by atoms with Gasteiger partial charge in [-0.15, -0.1) is 0 Å². The molecule has 150 valence electrons. The molecular formula is C20H22O8. The normalized spacial score (nSPS) is 9.79. The van der Waals surface area contributed by atoms with Crippen LogP contribution >= 0.6 is 0 Å². The second-order valence-corrected chi connectivity index (χ2v) is 5.97. The third-order valence-corrected chi connectivity index (χ3v) is 2.96. The van der Waals surface area contributed by atoms with Gasteiger partial charge in [-0.1, -0.05) is 13.2 Å². The maximum atomic E-state index is 11.9.